The van der Waals surface area contributed by atoms with E-state index in [-0.39, 0.29) is 39.5 Å². The highest BCUT2D eigenvalue weighted by Gasteiger charge is 2.70. The Hall–Kier alpha value is -1.85. The lowest BCUT2D eigenvalue weighted by Gasteiger charge is -2.71. The van der Waals surface area contributed by atoms with Gasteiger partial charge in [0.25, 0.3) is 0 Å². The van der Waals surface area contributed by atoms with Crippen LogP contribution in [0.25, 0.3) is 0 Å². The maximum atomic E-state index is 13.5. The molecule has 14 atom stereocenters. The van der Waals surface area contributed by atoms with Crippen molar-refractivity contribution >= 4 is 18.2 Å². The summed E-state index contributed by atoms with van der Waals surface area (Å²) in [5.41, 5.74) is -0.116. The summed E-state index contributed by atoms with van der Waals surface area (Å²) in [7, 11) is 2.68. The van der Waals surface area contributed by atoms with Crippen LogP contribution in [0.3, 0.4) is 0 Å². The summed E-state index contributed by atoms with van der Waals surface area (Å²) in [6, 6.07) is 0. The smallest absolute Gasteiger partial charge is 0.337 e. The zero-order chi connectivity index (χ0) is 35.2. The largest absolute Gasteiger partial charge is 0.469 e. The lowest BCUT2D eigenvalue weighted by Crippen LogP contribution is -2.67. The van der Waals surface area contributed by atoms with Gasteiger partial charge in [-0.3, -0.25) is 4.79 Å². The number of methoxy groups -OCH3 is 2. The number of allylic oxidation sites excluding steroid dienone is 2. The molecule has 1 saturated heterocycles. The molecule has 0 amide bonds. The van der Waals surface area contributed by atoms with E-state index in [9.17, 15) is 29.7 Å². The highest BCUT2D eigenvalue weighted by atomic mass is 16.7. The molecule has 270 valence electrons. The van der Waals surface area contributed by atoms with Gasteiger partial charge in [0.05, 0.1) is 31.2 Å². The van der Waals surface area contributed by atoms with E-state index in [4.69, 9.17) is 18.9 Å². The van der Waals surface area contributed by atoms with E-state index >= 15 is 0 Å². The van der Waals surface area contributed by atoms with Gasteiger partial charge < -0.3 is 39.1 Å². The first-order valence-corrected chi connectivity index (χ1v) is 18.1. The van der Waals surface area contributed by atoms with Crippen molar-refractivity contribution in [2.75, 3.05) is 14.2 Å². The number of rotatable bonds is 5. The number of esters is 2. The summed E-state index contributed by atoms with van der Waals surface area (Å²) in [4.78, 5) is 39.1. The summed E-state index contributed by atoms with van der Waals surface area (Å²) < 4.78 is 22.3. The Morgan fingerprint density at radius 3 is 2.19 bits per heavy atom. The van der Waals surface area contributed by atoms with Crippen LogP contribution in [0.4, 0.5) is 0 Å². The highest BCUT2D eigenvalue weighted by molar-refractivity contribution is 5.78. The van der Waals surface area contributed by atoms with Crippen molar-refractivity contribution in [3.05, 3.63) is 11.6 Å². The Balaban J connectivity index is 1.31. The lowest BCUT2D eigenvalue weighted by molar-refractivity contribution is -0.321. The van der Waals surface area contributed by atoms with Gasteiger partial charge in [0, 0.05) is 0 Å². The number of aliphatic hydroxyl groups is 3. The Morgan fingerprint density at radius 1 is 0.854 bits per heavy atom. The van der Waals surface area contributed by atoms with Gasteiger partial charge in [-0.05, 0) is 104 Å². The van der Waals surface area contributed by atoms with Gasteiger partial charge in [-0.15, -0.1) is 0 Å². The third-order valence-electron chi connectivity index (χ3n) is 15.4. The fourth-order valence-corrected chi connectivity index (χ4v) is 12.3. The van der Waals surface area contributed by atoms with Crippen molar-refractivity contribution in [3.63, 3.8) is 0 Å². The van der Waals surface area contributed by atoms with Gasteiger partial charge in [-0.1, -0.05) is 53.2 Å². The fourth-order valence-electron chi connectivity index (χ4n) is 12.3. The Kier molecular flexibility index (Phi) is 8.88. The molecule has 3 N–H and O–H groups in total. The molecule has 0 radical (unpaired) electrons. The molecule has 0 spiro atoms. The molecule has 0 aromatic rings. The van der Waals surface area contributed by atoms with Crippen LogP contribution < -0.4 is 0 Å². The van der Waals surface area contributed by atoms with E-state index in [1.54, 1.807) is 0 Å². The molecule has 10 heteroatoms. The number of ether oxygens (including phenoxy) is 4. The number of fused-ring (bicyclic) bond motifs is 7. The van der Waals surface area contributed by atoms with Crippen LogP contribution in [0, 0.1) is 50.2 Å². The van der Waals surface area contributed by atoms with Crippen LogP contribution >= 0.6 is 0 Å². The van der Waals surface area contributed by atoms with Crippen LogP contribution in [0.15, 0.2) is 11.6 Å². The summed E-state index contributed by atoms with van der Waals surface area (Å²) in [5.74, 6) is -0.496. The molecule has 4 saturated carbocycles. The van der Waals surface area contributed by atoms with Crippen molar-refractivity contribution in [1.29, 1.82) is 0 Å². The molecule has 1 heterocycles. The number of hydrogen-bond acceptors (Lipinski definition) is 10. The molecular formula is C38H58O10. The fraction of sp³-hybridized carbons (Fsp3) is 0.868. The van der Waals surface area contributed by atoms with Gasteiger partial charge >= 0.3 is 11.9 Å². The predicted octanol–water partition coefficient (Wildman–Crippen LogP) is 4.51. The quantitative estimate of drug-likeness (QED) is 0.165. The number of aldehydes is 1. The van der Waals surface area contributed by atoms with E-state index in [0.717, 1.165) is 71.2 Å². The number of hydrogen-bond donors (Lipinski definition) is 3. The van der Waals surface area contributed by atoms with E-state index in [0.29, 0.717) is 12.3 Å². The number of aliphatic hydroxyl groups excluding tert-OH is 3. The first-order chi connectivity index (χ1) is 22.4. The second-order valence-corrected chi connectivity index (χ2v) is 17.9. The molecule has 5 aliphatic carbocycles. The molecule has 6 aliphatic rings. The maximum absolute atomic E-state index is 13.5. The average Bonchev–Trinajstić information content (AvgIpc) is 3.05. The number of carbonyl (C=O) groups excluding carboxylic acids is 3. The molecular weight excluding hydrogens is 616 g/mol. The van der Waals surface area contributed by atoms with Crippen LogP contribution in [0.2, 0.25) is 0 Å². The lowest BCUT2D eigenvalue weighted by atomic mass is 9.33. The summed E-state index contributed by atoms with van der Waals surface area (Å²) >= 11 is 0. The number of carbonyl (C=O) groups is 3. The molecule has 0 aromatic carbocycles. The van der Waals surface area contributed by atoms with Crippen molar-refractivity contribution in [3.8, 4) is 0 Å². The molecule has 5 fully saturated rings. The third kappa shape index (κ3) is 4.85. The molecule has 10 nitrogen and oxygen atoms in total. The monoisotopic (exact) mass is 674 g/mol. The summed E-state index contributed by atoms with van der Waals surface area (Å²) in [5, 5.41) is 31.7. The van der Waals surface area contributed by atoms with E-state index in [1.807, 2.05) is 6.92 Å². The minimum Gasteiger partial charge on any atom is -0.469 e. The van der Waals surface area contributed by atoms with Crippen LogP contribution in [-0.2, 0) is 33.3 Å². The maximum Gasteiger partial charge on any atom is 0.337 e. The van der Waals surface area contributed by atoms with E-state index in [2.05, 4.69) is 40.7 Å². The normalized spacial score (nSPS) is 51.1. The molecule has 0 bridgehead atoms. The SMILES string of the molecule is COC(=O)[C@H]1O[C@@H](O[C@H]2CC[C@]3(C)[C@H]4CC=C5[C@@H]6CC(C)(C)CC[C@]6(C(=O)OC)CC[C@@]5(C)[C@]4(C)CC[C@H]3[C@]2(C)C=O)[C@H](O)[C@@H](O)[C@@H]1O. The Morgan fingerprint density at radius 2 is 1.54 bits per heavy atom. The predicted molar refractivity (Wildman–Crippen MR) is 175 cm³/mol. The van der Waals surface area contributed by atoms with E-state index in [1.165, 1.54) is 12.7 Å². The van der Waals surface area contributed by atoms with Crippen molar-refractivity contribution in [2.45, 2.75) is 143 Å². The first kappa shape index (κ1) is 36.0. The van der Waals surface area contributed by atoms with Crippen LogP contribution in [-0.4, -0.2) is 84.6 Å². The zero-order valence-electron chi connectivity index (χ0n) is 30.1. The molecule has 48 heavy (non-hydrogen) atoms. The molecule has 6 rings (SSSR count). The van der Waals surface area contributed by atoms with Crippen LogP contribution in [0.5, 0.6) is 0 Å². The molecule has 1 aliphatic heterocycles. The van der Waals surface area contributed by atoms with Crippen molar-refractivity contribution in [1.82, 2.24) is 0 Å². The minimum absolute atomic E-state index is 0.0168. The summed E-state index contributed by atoms with van der Waals surface area (Å²) in [6.45, 7) is 13.9. The topological polar surface area (TPSA) is 149 Å². The van der Waals surface area contributed by atoms with Gasteiger partial charge in [0.1, 0.15) is 24.6 Å². The van der Waals surface area contributed by atoms with Gasteiger partial charge in [-0.2, -0.15) is 0 Å². The van der Waals surface area contributed by atoms with Gasteiger partial charge in [-0.25, -0.2) is 4.79 Å². The van der Waals surface area contributed by atoms with Crippen molar-refractivity contribution in [2.24, 2.45) is 50.2 Å². The molecule has 0 unspecified atom stereocenters. The summed E-state index contributed by atoms with van der Waals surface area (Å²) in [6.07, 6.45) is 3.48. The first-order valence-electron chi connectivity index (χ1n) is 18.1. The Labute approximate surface area is 285 Å². The van der Waals surface area contributed by atoms with Gasteiger partial charge in [0.15, 0.2) is 12.4 Å². The average molecular weight is 675 g/mol. The second-order valence-electron chi connectivity index (χ2n) is 17.9. The van der Waals surface area contributed by atoms with Crippen LogP contribution in [0.1, 0.15) is 106 Å². The standard InChI is InChI=1S/C38H58O10/c1-33(2)15-17-38(32(44)46-8)18-16-36(5)21(22(38)19-33)9-10-24-34(3)13-12-25(35(4,20-39)23(34)11-14-37(24,36)6)47-31-28(42)26(40)27(41)29(48-31)30(43)45-7/h9,20,22-29,31,40-42H,10-19H2,1-8H3/t22-,23+,24+,25-,26-,27-,28+,29-,31+,34-,35-,36+,37+,38-/m0/s1. The highest BCUT2D eigenvalue weighted by Crippen LogP contribution is 2.76. The van der Waals surface area contributed by atoms with Gasteiger partial charge in [0.2, 0.25) is 0 Å². The minimum atomic E-state index is -1.69. The molecule has 0 aromatic heterocycles. The Bertz CT molecular complexity index is 1340. The zero-order valence-corrected chi connectivity index (χ0v) is 30.1. The second kappa shape index (κ2) is 11.9. The van der Waals surface area contributed by atoms with E-state index < -0.39 is 53.6 Å². The van der Waals surface area contributed by atoms with Crippen molar-refractivity contribution < 1.29 is 48.7 Å². The third-order valence-corrected chi connectivity index (χ3v) is 15.4.